The van der Waals surface area contributed by atoms with Crippen molar-refractivity contribution < 1.29 is 9.50 Å². The van der Waals surface area contributed by atoms with Crippen LogP contribution < -0.4 is 5.56 Å². The number of hydrogen-bond acceptors (Lipinski definition) is 3. The van der Waals surface area contributed by atoms with Gasteiger partial charge in [0.25, 0.3) is 5.56 Å². The highest BCUT2D eigenvalue weighted by Crippen LogP contribution is 2.22. The van der Waals surface area contributed by atoms with Crippen LogP contribution in [-0.2, 0) is 0 Å². The lowest BCUT2D eigenvalue weighted by Gasteiger charge is -2.04. The molecule has 0 fully saturated rings. The molecule has 4 nitrogen and oxygen atoms in total. The Morgan fingerprint density at radius 3 is 2.76 bits per heavy atom. The molecule has 0 unspecified atom stereocenters. The Morgan fingerprint density at radius 2 is 2.18 bits per heavy atom. The van der Waals surface area contributed by atoms with Crippen molar-refractivity contribution in [2.24, 2.45) is 0 Å². The van der Waals surface area contributed by atoms with Crippen LogP contribution in [0.25, 0.3) is 11.4 Å². The Bertz CT molecular complexity index is 640. The summed E-state index contributed by atoms with van der Waals surface area (Å²) in [6, 6.07) is 4.44. The van der Waals surface area contributed by atoms with E-state index in [9.17, 15) is 14.3 Å². The van der Waals surface area contributed by atoms with Gasteiger partial charge in [-0.05, 0) is 34.5 Å². The first kappa shape index (κ1) is 11.8. The molecule has 88 valence electrons. The molecule has 0 aliphatic rings. The van der Waals surface area contributed by atoms with Gasteiger partial charge in [0.2, 0.25) is 5.88 Å². The summed E-state index contributed by atoms with van der Waals surface area (Å²) in [5.74, 6) is -0.702. The molecule has 2 aromatic rings. The van der Waals surface area contributed by atoms with Crippen LogP contribution in [0.15, 0.2) is 27.5 Å². The Morgan fingerprint density at radius 1 is 1.47 bits per heavy atom. The average molecular weight is 299 g/mol. The van der Waals surface area contributed by atoms with E-state index in [0.717, 1.165) is 0 Å². The summed E-state index contributed by atoms with van der Waals surface area (Å²) < 4.78 is 13.3. The first-order valence-electron chi connectivity index (χ1n) is 4.74. The molecule has 0 saturated carbocycles. The van der Waals surface area contributed by atoms with Crippen molar-refractivity contribution in [3.63, 3.8) is 0 Å². The van der Waals surface area contributed by atoms with E-state index in [1.54, 1.807) is 19.1 Å². The molecule has 0 bridgehead atoms. The molecule has 0 amide bonds. The minimum absolute atomic E-state index is 0.0474. The molecule has 17 heavy (non-hydrogen) atoms. The van der Waals surface area contributed by atoms with Crippen molar-refractivity contribution in [2.45, 2.75) is 6.92 Å². The zero-order valence-corrected chi connectivity index (χ0v) is 10.4. The number of halogens is 2. The smallest absolute Gasteiger partial charge is 0.269 e. The van der Waals surface area contributed by atoms with Gasteiger partial charge in [0.1, 0.15) is 16.1 Å². The highest BCUT2D eigenvalue weighted by atomic mass is 79.9. The molecule has 6 heteroatoms. The number of rotatable bonds is 1. The van der Waals surface area contributed by atoms with Crippen LogP contribution in [0.3, 0.4) is 0 Å². The van der Waals surface area contributed by atoms with E-state index in [2.05, 4.69) is 25.9 Å². The van der Waals surface area contributed by atoms with E-state index in [1.807, 2.05) is 0 Å². The Hall–Kier alpha value is -1.69. The lowest BCUT2D eigenvalue weighted by molar-refractivity contribution is 0.448. The zero-order chi connectivity index (χ0) is 12.6. The number of aryl methyl sites for hydroxylation is 1. The Labute approximate surface area is 104 Å². The maximum Gasteiger partial charge on any atom is 0.269 e. The largest absolute Gasteiger partial charge is 0.492 e. The van der Waals surface area contributed by atoms with Crippen LogP contribution in [0.4, 0.5) is 4.39 Å². The van der Waals surface area contributed by atoms with E-state index >= 15 is 0 Å². The highest BCUT2D eigenvalue weighted by molar-refractivity contribution is 9.10. The van der Waals surface area contributed by atoms with Crippen molar-refractivity contribution in [3.8, 4) is 17.3 Å². The standard InChI is InChI=1S/C11H8BrFN2O2/c1-5-2-3-6(4-7(5)13)9-14-10(16)8(12)11(17)15-9/h2-4H,1H3,(H2,14,15,16,17). The normalized spacial score (nSPS) is 10.5. The molecule has 0 atom stereocenters. The number of nitrogens with zero attached hydrogens (tertiary/aromatic N) is 1. The molecule has 0 aliphatic carbocycles. The van der Waals surface area contributed by atoms with E-state index < -0.39 is 17.3 Å². The van der Waals surface area contributed by atoms with Gasteiger partial charge in [-0.25, -0.2) is 4.39 Å². The van der Waals surface area contributed by atoms with E-state index in [1.165, 1.54) is 6.07 Å². The second kappa shape index (κ2) is 4.29. The number of aromatic amines is 1. The van der Waals surface area contributed by atoms with Gasteiger partial charge >= 0.3 is 0 Å². The molecule has 0 radical (unpaired) electrons. The number of nitrogens with one attached hydrogen (secondary N) is 1. The minimum Gasteiger partial charge on any atom is -0.492 e. The van der Waals surface area contributed by atoms with Crippen LogP contribution in [-0.4, -0.2) is 15.1 Å². The Kier molecular flexibility index (Phi) is 2.97. The molecule has 0 saturated heterocycles. The van der Waals surface area contributed by atoms with Crippen molar-refractivity contribution >= 4 is 15.9 Å². The van der Waals surface area contributed by atoms with E-state index in [4.69, 9.17) is 0 Å². The van der Waals surface area contributed by atoms with Gasteiger partial charge in [0.15, 0.2) is 0 Å². The summed E-state index contributed by atoms with van der Waals surface area (Å²) in [5, 5.41) is 9.39. The SMILES string of the molecule is Cc1ccc(-c2nc(O)c(Br)c(=O)[nH]2)cc1F. The number of aromatic nitrogens is 2. The molecular weight excluding hydrogens is 291 g/mol. The summed E-state index contributed by atoms with van der Waals surface area (Å²) in [6.45, 7) is 1.63. The quantitative estimate of drug-likeness (QED) is 0.849. The van der Waals surface area contributed by atoms with Crippen molar-refractivity contribution in [1.29, 1.82) is 0 Å². The predicted molar refractivity (Wildman–Crippen MR) is 64.4 cm³/mol. The van der Waals surface area contributed by atoms with Gasteiger partial charge in [0, 0.05) is 5.56 Å². The third-order valence-electron chi connectivity index (χ3n) is 2.29. The number of H-pyrrole nitrogens is 1. The fraction of sp³-hybridized carbons (Fsp3) is 0.0909. The average Bonchev–Trinajstić information content (AvgIpc) is 2.29. The molecule has 0 aliphatic heterocycles. The molecule has 0 spiro atoms. The van der Waals surface area contributed by atoms with E-state index in [-0.39, 0.29) is 10.3 Å². The first-order chi connectivity index (χ1) is 7.99. The number of hydrogen-bond donors (Lipinski definition) is 2. The van der Waals surface area contributed by atoms with Crippen LogP contribution in [0.1, 0.15) is 5.56 Å². The van der Waals surface area contributed by atoms with Crippen LogP contribution in [0.2, 0.25) is 0 Å². The third kappa shape index (κ3) is 2.21. The van der Waals surface area contributed by atoms with Gasteiger partial charge in [-0.15, -0.1) is 0 Å². The van der Waals surface area contributed by atoms with E-state index in [0.29, 0.717) is 11.1 Å². The topological polar surface area (TPSA) is 66.0 Å². The van der Waals surface area contributed by atoms with Gasteiger partial charge in [-0.1, -0.05) is 12.1 Å². The maximum atomic E-state index is 13.4. The zero-order valence-electron chi connectivity index (χ0n) is 8.79. The molecule has 1 aromatic carbocycles. The number of benzene rings is 1. The molecule has 2 rings (SSSR count). The maximum absolute atomic E-state index is 13.4. The predicted octanol–water partition coefficient (Wildman–Crippen LogP) is 2.35. The van der Waals surface area contributed by atoms with Crippen molar-refractivity contribution in [3.05, 3.63) is 44.4 Å². The molecule has 2 N–H and O–H groups in total. The van der Waals surface area contributed by atoms with Gasteiger partial charge < -0.3 is 10.1 Å². The summed E-state index contributed by atoms with van der Waals surface area (Å²) in [4.78, 5) is 17.6. The van der Waals surface area contributed by atoms with Gasteiger partial charge in [0.05, 0.1) is 0 Å². The molecule has 1 heterocycles. The Balaban J connectivity index is 2.61. The van der Waals surface area contributed by atoms with Crippen LogP contribution in [0.5, 0.6) is 5.88 Å². The summed E-state index contributed by atoms with van der Waals surface area (Å²) in [7, 11) is 0. The van der Waals surface area contributed by atoms with Crippen molar-refractivity contribution in [2.75, 3.05) is 0 Å². The molecular formula is C11H8BrFN2O2. The van der Waals surface area contributed by atoms with Crippen LogP contribution in [0, 0.1) is 12.7 Å². The highest BCUT2D eigenvalue weighted by Gasteiger charge is 2.10. The fourth-order valence-electron chi connectivity index (χ4n) is 1.32. The summed E-state index contributed by atoms with van der Waals surface area (Å²) in [5.41, 5.74) is 0.374. The third-order valence-corrected chi connectivity index (χ3v) is 3.01. The second-order valence-electron chi connectivity index (χ2n) is 3.52. The van der Waals surface area contributed by atoms with Gasteiger partial charge in [-0.3, -0.25) is 4.79 Å². The number of aromatic hydroxyl groups is 1. The summed E-state index contributed by atoms with van der Waals surface area (Å²) in [6.07, 6.45) is 0. The molecule has 1 aromatic heterocycles. The monoisotopic (exact) mass is 298 g/mol. The lowest BCUT2D eigenvalue weighted by Crippen LogP contribution is -2.09. The lowest BCUT2D eigenvalue weighted by atomic mass is 10.1. The van der Waals surface area contributed by atoms with Gasteiger partial charge in [-0.2, -0.15) is 4.98 Å². The minimum atomic E-state index is -0.520. The van der Waals surface area contributed by atoms with Crippen LogP contribution >= 0.6 is 15.9 Å². The first-order valence-corrected chi connectivity index (χ1v) is 5.53. The van der Waals surface area contributed by atoms with Crippen molar-refractivity contribution in [1.82, 2.24) is 9.97 Å². The second-order valence-corrected chi connectivity index (χ2v) is 4.31. The summed E-state index contributed by atoms with van der Waals surface area (Å²) >= 11 is 2.88. The fourth-order valence-corrected chi connectivity index (χ4v) is 1.51.